The fourth-order valence-electron chi connectivity index (χ4n) is 0.513. The average Bonchev–Trinajstić information content (AvgIpc) is 2.41. The van der Waals surface area contributed by atoms with Gasteiger partial charge in [-0.1, -0.05) is 0 Å². The molecule has 0 amide bonds. The summed E-state index contributed by atoms with van der Waals surface area (Å²) >= 11 is 1.000. The van der Waals surface area contributed by atoms with Crippen LogP contribution in [0.15, 0.2) is 0 Å². The predicted octanol–water partition coefficient (Wildman–Crippen LogP) is -1.24. The third-order valence-corrected chi connectivity index (χ3v) is 70.6. The van der Waals surface area contributed by atoms with Crippen LogP contribution >= 0.6 is 24.0 Å². The summed E-state index contributed by atoms with van der Waals surface area (Å²) in [5.74, 6) is 0. The van der Waals surface area contributed by atoms with E-state index in [0.717, 1.165) is 13.3 Å². The van der Waals surface area contributed by atoms with Crippen molar-refractivity contribution in [3.63, 3.8) is 0 Å². The number of hydrogen-bond donors (Lipinski definition) is 1. The number of nitrogens with one attached hydrogen (secondary N) is 1. The molecule has 0 aliphatic carbocycles. The van der Waals surface area contributed by atoms with Gasteiger partial charge in [0.25, 0.3) is 0 Å². The van der Waals surface area contributed by atoms with E-state index in [4.69, 9.17) is 0 Å². The second kappa shape index (κ2) is 2.41. The van der Waals surface area contributed by atoms with Crippen LogP contribution in [-0.2, 0) is 0 Å². The minimum absolute atomic E-state index is 0.0559. The zero-order valence-electron chi connectivity index (χ0n) is 3.76. The van der Waals surface area contributed by atoms with Gasteiger partial charge >= 0.3 is 58.2 Å². The summed E-state index contributed by atoms with van der Waals surface area (Å²) in [6.45, 7) is 1.42. The van der Waals surface area contributed by atoms with E-state index in [2.05, 4.69) is 3.53 Å². The second-order valence-corrected chi connectivity index (χ2v) is 67.2. The molecule has 0 spiro atoms. The van der Waals surface area contributed by atoms with E-state index >= 15 is 0 Å². The molecule has 1 nitrogen and oxygen atoms in total. The summed E-state index contributed by atoms with van der Waals surface area (Å²) in [6, 6.07) is 0. The molecule has 0 aromatic rings. The van der Waals surface area contributed by atoms with Crippen molar-refractivity contribution < 1.29 is 13.3 Å². The van der Waals surface area contributed by atoms with E-state index in [9.17, 15) is 0 Å². The van der Waals surface area contributed by atoms with Crippen LogP contribution in [0.1, 0.15) is 6.42 Å². The number of rotatable bonds is 0. The predicted molar refractivity (Wildman–Crippen MR) is 45.5 cm³/mol. The SMILES string of the molecule is C1CNI2[I-]I2C1. The molecule has 0 atom stereocenters. The molecule has 2 fully saturated rings. The van der Waals surface area contributed by atoms with Gasteiger partial charge in [0, 0.05) is 0 Å². The Kier molecular flexibility index (Phi) is 2.03. The fraction of sp³-hybridized carbons (Fsp3) is 1.00. The summed E-state index contributed by atoms with van der Waals surface area (Å²) in [5, 5.41) is 0. The Morgan fingerprint density at radius 3 is 3.14 bits per heavy atom. The van der Waals surface area contributed by atoms with Crippen molar-refractivity contribution in [2.45, 2.75) is 6.42 Å². The van der Waals surface area contributed by atoms with Gasteiger partial charge in [0.2, 0.25) is 0 Å². The standard InChI is InChI=1S/C3H7I3N/c1-2-5-4-6(5)7-3-1/h7H,1-3H2/q-1. The summed E-state index contributed by atoms with van der Waals surface area (Å²) < 4.78 is 5.50. The van der Waals surface area contributed by atoms with Gasteiger partial charge < -0.3 is 0 Å². The molecule has 0 saturated carbocycles. The van der Waals surface area contributed by atoms with E-state index in [1.807, 2.05) is 0 Å². The molecular weight excluding hydrogens is 431 g/mol. The monoisotopic (exact) mass is 438 g/mol. The van der Waals surface area contributed by atoms with Crippen LogP contribution in [0, 0.1) is 0 Å². The molecule has 7 heavy (non-hydrogen) atoms. The van der Waals surface area contributed by atoms with Gasteiger partial charge in [-0.25, -0.2) is 0 Å². The normalized spacial score (nSPS) is 38.9. The number of alkyl halides is 1. The maximum absolute atomic E-state index is 3.73. The van der Waals surface area contributed by atoms with Crippen LogP contribution in [-0.4, -0.2) is 11.0 Å². The average molecular weight is 438 g/mol. The van der Waals surface area contributed by atoms with E-state index in [1.54, 1.807) is 10.8 Å². The van der Waals surface area contributed by atoms with E-state index in [-0.39, 0.29) is 24.0 Å². The van der Waals surface area contributed by atoms with Crippen LogP contribution < -0.4 is 16.8 Å². The van der Waals surface area contributed by atoms with E-state index in [0.29, 0.717) is 0 Å². The molecule has 2 rings (SSSR count). The Balaban J connectivity index is 1.95. The van der Waals surface area contributed by atoms with Gasteiger partial charge in [0.05, 0.1) is 0 Å². The molecule has 46 valence electrons. The van der Waals surface area contributed by atoms with Gasteiger partial charge in [0.15, 0.2) is 0 Å². The Bertz CT molecular complexity index is 76.2. The summed E-state index contributed by atoms with van der Waals surface area (Å²) in [5.41, 5.74) is 0. The summed E-state index contributed by atoms with van der Waals surface area (Å²) in [7, 11) is 0. The van der Waals surface area contributed by atoms with Crippen LogP contribution in [0.2, 0.25) is 0 Å². The fourth-order valence-corrected chi connectivity index (χ4v) is 95.3. The molecule has 2 aliphatic heterocycles. The molecule has 0 aromatic heterocycles. The topological polar surface area (TPSA) is 12.0 Å². The van der Waals surface area contributed by atoms with E-state index in [1.165, 1.54) is 6.54 Å². The zero-order chi connectivity index (χ0) is 4.69. The first-order valence-electron chi connectivity index (χ1n) is 2.24. The second-order valence-electron chi connectivity index (χ2n) is 1.43. The molecular formula is C3H7I3N-. The number of fused-ring (bicyclic) bond motifs is 1. The molecule has 2 heterocycles. The molecule has 2 saturated heterocycles. The van der Waals surface area contributed by atoms with Crippen LogP contribution in [0.5, 0.6) is 0 Å². The third-order valence-electron chi connectivity index (χ3n) is 0.884. The van der Waals surface area contributed by atoms with Crippen molar-refractivity contribution in [1.82, 2.24) is 3.53 Å². The quantitative estimate of drug-likeness (QED) is 0.284. The Morgan fingerprint density at radius 2 is 2.57 bits per heavy atom. The summed E-state index contributed by atoms with van der Waals surface area (Å²) in [4.78, 5) is 0. The molecule has 0 unspecified atom stereocenters. The number of hydrogen-bond acceptors (Lipinski definition) is 1. The molecule has 0 aromatic carbocycles. The third kappa shape index (κ3) is 1.34. The van der Waals surface area contributed by atoms with Gasteiger partial charge in [-0.3, -0.25) is 0 Å². The van der Waals surface area contributed by atoms with Crippen molar-refractivity contribution in [3.8, 4) is 0 Å². The first kappa shape index (κ1) is 5.90. The molecule has 4 heteroatoms. The van der Waals surface area contributed by atoms with Crippen LogP contribution in [0.3, 0.4) is 0 Å². The van der Waals surface area contributed by atoms with Crippen molar-refractivity contribution in [1.29, 1.82) is 0 Å². The Labute approximate surface area is 56.9 Å². The Hall–Kier alpha value is 2.15. The van der Waals surface area contributed by atoms with Gasteiger partial charge in [-0.2, -0.15) is 0 Å². The van der Waals surface area contributed by atoms with Crippen molar-refractivity contribution in [2.24, 2.45) is 0 Å². The van der Waals surface area contributed by atoms with Gasteiger partial charge in [0.1, 0.15) is 0 Å². The van der Waals surface area contributed by atoms with Crippen molar-refractivity contribution >= 4 is 24.0 Å². The first-order valence-corrected chi connectivity index (χ1v) is 23.7. The van der Waals surface area contributed by atoms with E-state index < -0.39 is 0 Å². The molecule has 0 bridgehead atoms. The molecule has 2 aliphatic rings. The maximum atomic E-state index is 3.73. The van der Waals surface area contributed by atoms with Gasteiger partial charge in [-0.15, -0.1) is 0 Å². The number of halogens is 3. The van der Waals surface area contributed by atoms with Crippen molar-refractivity contribution in [3.05, 3.63) is 0 Å². The van der Waals surface area contributed by atoms with Crippen LogP contribution in [0.25, 0.3) is 0 Å². The van der Waals surface area contributed by atoms with Gasteiger partial charge in [-0.05, 0) is 0 Å². The van der Waals surface area contributed by atoms with Crippen LogP contribution in [0.4, 0.5) is 0 Å². The van der Waals surface area contributed by atoms with Crippen molar-refractivity contribution in [2.75, 3.05) is 11.0 Å². The molecule has 1 N–H and O–H groups in total. The zero-order valence-corrected chi connectivity index (χ0v) is 10.2. The minimum atomic E-state index is -0.0559. The molecule has 0 radical (unpaired) electrons. The first-order chi connectivity index (χ1) is 3.47. The summed E-state index contributed by atoms with van der Waals surface area (Å²) in [6.07, 6.45) is 1.55. The Morgan fingerprint density at radius 1 is 1.57 bits per heavy atom.